The molecule has 0 spiro atoms. The monoisotopic (exact) mass is 503 g/mol. The first-order valence-corrected chi connectivity index (χ1v) is 13.1. The highest BCUT2D eigenvalue weighted by Gasteiger charge is 2.14. The Morgan fingerprint density at radius 2 is 1.61 bits per heavy atom. The number of hydrogen-bond donors (Lipinski definition) is 1. The molecule has 0 aliphatic carbocycles. The predicted octanol–water partition coefficient (Wildman–Crippen LogP) is 2.66. The Morgan fingerprint density at radius 1 is 0.861 bits per heavy atom. The van der Waals surface area contributed by atoms with Gasteiger partial charge in [-0.3, -0.25) is 0 Å². The van der Waals surface area contributed by atoms with Crippen LogP contribution in [0, 0.1) is 6.92 Å². The van der Waals surface area contributed by atoms with Crippen molar-refractivity contribution in [2.24, 2.45) is 0 Å². The lowest BCUT2D eigenvalue weighted by atomic mass is 10.1. The highest BCUT2D eigenvalue weighted by Crippen LogP contribution is 2.16. The fourth-order valence-corrected chi connectivity index (χ4v) is 4.68. The summed E-state index contributed by atoms with van der Waals surface area (Å²) in [5, 5.41) is 0. The van der Waals surface area contributed by atoms with Gasteiger partial charge < -0.3 is 4.90 Å². The van der Waals surface area contributed by atoms with Gasteiger partial charge in [-0.15, -0.1) is 0 Å². The Balaban J connectivity index is 1.47. The van der Waals surface area contributed by atoms with Crippen molar-refractivity contribution < 1.29 is 8.42 Å². The maximum atomic E-state index is 12.6. The third-order valence-corrected chi connectivity index (χ3v) is 6.84. The molecule has 3 heterocycles. The number of hydrogen-bond acceptors (Lipinski definition) is 8. The van der Waals surface area contributed by atoms with Gasteiger partial charge in [0.2, 0.25) is 10.0 Å². The first-order chi connectivity index (χ1) is 17.3. The molecule has 0 saturated carbocycles. The minimum absolute atomic E-state index is 0.230. The van der Waals surface area contributed by atoms with Crippen LogP contribution >= 0.6 is 0 Å². The van der Waals surface area contributed by atoms with E-state index in [1.807, 2.05) is 62.3 Å². The molecule has 0 radical (unpaired) electrons. The van der Waals surface area contributed by atoms with Crippen LogP contribution in [-0.2, 0) is 22.9 Å². The summed E-state index contributed by atoms with van der Waals surface area (Å²) in [6, 6.07) is 16.3. The summed E-state index contributed by atoms with van der Waals surface area (Å²) in [6.45, 7) is 2.90. The van der Waals surface area contributed by atoms with Crippen LogP contribution < -0.4 is 4.72 Å². The molecule has 0 saturated heterocycles. The summed E-state index contributed by atoms with van der Waals surface area (Å²) in [5.41, 5.74) is 4.09. The van der Waals surface area contributed by atoms with Crippen molar-refractivity contribution >= 4 is 10.0 Å². The summed E-state index contributed by atoms with van der Waals surface area (Å²) in [5.74, 6) is 1.18. The van der Waals surface area contributed by atoms with E-state index in [0.29, 0.717) is 37.6 Å². The number of pyridine rings is 1. The van der Waals surface area contributed by atoms with Crippen LogP contribution in [0.2, 0.25) is 0 Å². The van der Waals surface area contributed by atoms with Crippen LogP contribution in [0.5, 0.6) is 0 Å². The zero-order chi connectivity index (χ0) is 25.5. The molecule has 1 aromatic carbocycles. The zero-order valence-corrected chi connectivity index (χ0v) is 21.4. The Hall–Kier alpha value is -3.60. The summed E-state index contributed by atoms with van der Waals surface area (Å²) in [4.78, 5) is 24.7. The molecule has 0 fully saturated rings. The van der Waals surface area contributed by atoms with E-state index >= 15 is 0 Å². The van der Waals surface area contributed by atoms with Gasteiger partial charge in [0, 0.05) is 44.0 Å². The highest BCUT2D eigenvalue weighted by atomic mass is 32.2. The molecular formula is C26H29N7O2S. The van der Waals surface area contributed by atoms with E-state index in [-0.39, 0.29) is 4.90 Å². The van der Waals surface area contributed by atoms with Crippen LogP contribution in [0.3, 0.4) is 0 Å². The SMILES string of the molecule is Cc1cccc(-c2nccc(Cc3ccnc(Cc4cccc(S(=O)(=O)NCCN(C)C)c4)n3)n2)n1. The van der Waals surface area contributed by atoms with Crippen molar-refractivity contribution in [3.63, 3.8) is 0 Å². The van der Waals surface area contributed by atoms with Gasteiger partial charge in [0.15, 0.2) is 5.82 Å². The van der Waals surface area contributed by atoms with E-state index in [1.165, 1.54) is 0 Å². The van der Waals surface area contributed by atoms with E-state index in [4.69, 9.17) is 0 Å². The topological polar surface area (TPSA) is 114 Å². The molecule has 3 aromatic heterocycles. The Morgan fingerprint density at radius 3 is 2.39 bits per heavy atom. The molecule has 0 bridgehead atoms. The van der Waals surface area contributed by atoms with E-state index < -0.39 is 10.0 Å². The number of aromatic nitrogens is 5. The normalized spacial score (nSPS) is 11.7. The number of benzene rings is 1. The number of aryl methyl sites for hydroxylation is 1. The molecule has 1 N–H and O–H groups in total. The number of likely N-dealkylation sites (N-methyl/N-ethyl adjacent to an activating group) is 1. The minimum atomic E-state index is -3.59. The molecule has 0 amide bonds. The number of rotatable bonds is 10. The van der Waals surface area contributed by atoms with Crippen molar-refractivity contribution in [1.82, 2.24) is 34.5 Å². The van der Waals surface area contributed by atoms with Gasteiger partial charge in [0.25, 0.3) is 0 Å². The maximum absolute atomic E-state index is 12.6. The summed E-state index contributed by atoms with van der Waals surface area (Å²) in [7, 11) is 0.208. The molecule has 0 aliphatic rings. The first kappa shape index (κ1) is 25.5. The molecule has 4 rings (SSSR count). The van der Waals surface area contributed by atoms with Gasteiger partial charge in [0.05, 0.1) is 16.3 Å². The standard InChI is InChI=1S/C26H29N7O2S/c1-19-6-4-9-24(30-19)26-28-13-11-22(32-26)18-21-10-12-27-25(31-21)17-20-7-5-8-23(16-20)36(34,35)29-14-15-33(2)3/h4-13,16,29H,14-15,17-18H2,1-3H3. The highest BCUT2D eigenvalue weighted by molar-refractivity contribution is 7.89. The van der Waals surface area contributed by atoms with Gasteiger partial charge >= 0.3 is 0 Å². The van der Waals surface area contributed by atoms with Crippen molar-refractivity contribution in [2.75, 3.05) is 27.2 Å². The lowest BCUT2D eigenvalue weighted by Gasteiger charge is -2.11. The Labute approximate surface area is 211 Å². The van der Waals surface area contributed by atoms with Crippen LogP contribution in [0.25, 0.3) is 11.5 Å². The summed E-state index contributed by atoms with van der Waals surface area (Å²) in [6.07, 6.45) is 4.37. The molecule has 0 aliphatic heterocycles. The number of nitrogens with one attached hydrogen (secondary N) is 1. The molecule has 10 heteroatoms. The molecular weight excluding hydrogens is 474 g/mol. The Bertz CT molecular complexity index is 1440. The van der Waals surface area contributed by atoms with Crippen molar-refractivity contribution in [3.05, 3.63) is 95.5 Å². The van der Waals surface area contributed by atoms with E-state index in [0.717, 1.165) is 28.3 Å². The van der Waals surface area contributed by atoms with Crippen LogP contribution in [-0.4, -0.2) is 65.4 Å². The molecule has 0 unspecified atom stereocenters. The maximum Gasteiger partial charge on any atom is 0.240 e. The lowest BCUT2D eigenvalue weighted by Crippen LogP contribution is -2.31. The second-order valence-corrected chi connectivity index (χ2v) is 10.5. The average molecular weight is 504 g/mol. The van der Waals surface area contributed by atoms with Crippen molar-refractivity contribution in [2.45, 2.75) is 24.7 Å². The quantitative estimate of drug-likeness (QED) is 0.351. The summed E-state index contributed by atoms with van der Waals surface area (Å²) >= 11 is 0. The lowest BCUT2D eigenvalue weighted by molar-refractivity contribution is 0.412. The van der Waals surface area contributed by atoms with E-state index in [9.17, 15) is 8.42 Å². The number of nitrogens with zero attached hydrogens (tertiary/aromatic N) is 6. The van der Waals surface area contributed by atoms with Gasteiger partial charge in [-0.25, -0.2) is 38.1 Å². The summed E-state index contributed by atoms with van der Waals surface area (Å²) < 4.78 is 27.9. The fourth-order valence-electron chi connectivity index (χ4n) is 3.59. The molecule has 4 aromatic rings. The van der Waals surface area contributed by atoms with E-state index in [1.54, 1.807) is 30.6 Å². The van der Waals surface area contributed by atoms with Gasteiger partial charge in [-0.05, 0) is 63.0 Å². The number of sulfonamides is 1. The second-order valence-electron chi connectivity index (χ2n) is 8.70. The third-order valence-electron chi connectivity index (χ3n) is 5.38. The third kappa shape index (κ3) is 6.97. The van der Waals surface area contributed by atoms with Gasteiger partial charge in [-0.2, -0.15) is 0 Å². The predicted molar refractivity (Wildman–Crippen MR) is 138 cm³/mol. The molecule has 186 valence electrons. The largest absolute Gasteiger partial charge is 0.308 e. The van der Waals surface area contributed by atoms with Crippen molar-refractivity contribution in [1.29, 1.82) is 0 Å². The van der Waals surface area contributed by atoms with Crippen LogP contribution in [0.15, 0.2) is 71.9 Å². The van der Waals surface area contributed by atoms with Gasteiger partial charge in [-0.1, -0.05) is 18.2 Å². The van der Waals surface area contributed by atoms with Crippen molar-refractivity contribution in [3.8, 4) is 11.5 Å². The van der Waals surface area contributed by atoms with Crippen LogP contribution in [0.4, 0.5) is 0 Å². The fraction of sp³-hybridized carbons (Fsp3) is 0.269. The minimum Gasteiger partial charge on any atom is -0.308 e. The Kier molecular flexibility index (Phi) is 8.09. The molecule has 9 nitrogen and oxygen atoms in total. The average Bonchev–Trinajstić information content (AvgIpc) is 2.84. The second kappa shape index (κ2) is 11.4. The van der Waals surface area contributed by atoms with E-state index in [2.05, 4.69) is 29.6 Å². The molecule has 36 heavy (non-hydrogen) atoms. The smallest absolute Gasteiger partial charge is 0.240 e. The first-order valence-electron chi connectivity index (χ1n) is 11.6. The van der Waals surface area contributed by atoms with Gasteiger partial charge in [0.1, 0.15) is 11.5 Å². The zero-order valence-electron chi connectivity index (χ0n) is 20.6. The molecule has 0 atom stereocenters. The van der Waals surface area contributed by atoms with Crippen LogP contribution in [0.1, 0.15) is 28.5 Å².